The Morgan fingerprint density at radius 1 is 0.838 bits per heavy atom. The fourth-order valence-electron chi connectivity index (χ4n) is 4.68. The number of anilines is 1. The van der Waals surface area contributed by atoms with E-state index >= 15 is 0 Å². The monoisotopic (exact) mass is 522 g/mol. The van der Waals surface area contributed by atoms with Gasteiger partial charge < -0.3 is 29.2 Å². The van der Waals surface area contributed by atoms with E-state index in [1.165, 1.54) is 21.3 Å². The predicted octanol–water partition coefficient (Wildman–Crippen LogP) is 4.99. The van der Waals surface area contributed by atoms with Crippen molar-refractivity contribution in [1.82, 2.24) is 4.90 Å². The summed E-state index contributed by atoms with van der Waals surface area (Å²) in [6.07, 6.45) is 2.00. The highest BCUT2D eigenvalue weighted by molar-refractivity contribution is 7.98. The first-order valence-corrected chi connectivity index (χ1v) is 12.8. The minimum absolute atomic E-state index is 0.204. The largest absolute Gasteiger partial charge is 0.493 e. The van der Waals surface area contributed by atoms with Gasteiger partial charge >= 0.3 is 0 Å². The molecule has 0 aliphatic carbocycles. The Morgan fingerprint density at radius 2 is 1.43 bits per heavy atom. The van der Waals surface area contributed by atoms with Crippen molar-refractivity contribution in [2.45, 2.75) is 16.9 Å². The molecule has 0 saturated carbocycles. The fraction of sp³-hybridized carbons (Fsp3) is 0.286. The quantitative estimate of drug-likeness (QED) is 0.417. The molecular weight excluding hydrogens is 492 g/mol. The van der Waals surface area contributed by atoms with E-state index in [0.29, 0.717) is 39.8 Å². The van der Waals surface area contributed by atoms with Crippen LogP contribution in [-0.4, -0.2) is 58.5 Å². The molecule has 1 heterocycles. The first kappa shape index (κ1) is 26.2. The first-order valence-electron chi connectivity index (χ1n) is 11.6. The van der Waals surface area contributed by atoms with E-state index < -0.39 is 12.0 Å². The molecule has 0 aromatic heterocycles. The summed E-state index contributed by atoms with van der Waals surface area (Å²) in [5.74, 6) is 0.697. The normalized spacial score (nSPS) is 16.6. The summed E-state index contributed by atoms with van der Waals surface area (Å²) in [6.45, 7) is 0. The highest BCUT2D eigenvalue weighted by Crippen LogP contribution is 2.46. The minimum Gasteiger partial charge on any atom is -0.493 e. The summed E-state index contributed by atoms with van der Waals surface area (Å²) in [5.41, 5.74) is 2.35. The zero-order chi connectivity index (χ0) is 26.7. The van der Waals surface area contributed by atoms with Crippen molar-refractivity contribution in [1.29, 1.82) is 0 Å². The summed E-state index contributed by atoms with van der Waals surface area (Å²) in [4.78, 5) is 30.2. The topological polar surface area (TPSA) is 86.3 Å². The molecule has 4 rings (SSSR count). The summed E-state index contributed by atoms with van der Waals surface area (Å²) in [6, 6.07) is 15.9. The third kappa shape index (κ3) is 4.91. The zero-order valence-electron chi connectivity index (χ0n) is 21.7. The van der Waals surface area contributed by atoms with Crippen LogP contribution < -0.4 is 24.3 Å². The van der Waals surface area contributed by atoms with Crippen molar-refractivity contribution in [3.05, 3.63) is 71.3 Å². The van der Waals surface area contributed by atoms with Gasteiger partial charge in [0.05, 0.1) is 40.4 Å². The molecule has 0 bridgehead atoms. The molecule has 9 heteroatoms. The second kappa shape index (κ2) is 11.0. The maximum absolute atomic E-state index is 14.0. The Morgan fingerprint density at radius 3 is 2.03 bits per heavy atom. The molecule has 1 aliphatic rings. The van der Waals surface area contributed by atoms with Crippen LogP contribution in [0.2, 0.25) is 0 Å². The van der Waals surface area contributed by atoms with Crippen LogP contribution in [0.4, 0.5) is 5.69 Å². The molecule has 0 spiro atoms. The standard InChI is InChI=1S/C28H30N2O6S/c1-30-26(16-7-10-18(37-6)11-8-16)25(19-14-23(35-4)24(36-5)15-20(19)28(30)32)27(31)29-17-9-12-21(33-2)22(13-17)34-3/h7-15,25-26H,1-6H3,(H,29,31)/t25-,26-/m1/s1. The van der Waals surface area contributed by atoms with Crippen molar-refractivity contribution in [3.8, 4) is 23.0 Å². The lowest BCUT2D eigenvalue weighted by atomic mass is 9.79. The Hall–Kier alpha value is -3.85. The molecule has 1 N–H and O–H groups in total. The number of carbonyl (C=O) groups excluding carboxylic acids is 2. The Balaban J connectivity index is 1.85. The SMILES string of the molecule is COc1ccc(NC(=O)[C@@H]2c3cc(OC)c(OC)cc3C(=O)N(C)[C@@H]2c2ccc(SC)cc2)cc1OC. The second-order valence-corrected chi connectivity index (χ2v) is 9.34. The zero-order valence-corrected chi connectivity index (χ0v) is 22.5. The second-order valence-electron chi connectivity index (χ2n) is 8.47. The molecular formula is C28H30N2O6S. The van der Waals surface area contributed by atoms with Crippen molar-refractivity contribution >= 4 is 29.3 Å². The molecule has 0 radical (unpaired) electrons. The molecule has 0 fully saturated rings. The molecule has 3 aromatic carbocycles. The van der Waals surface area contributed by atoms with Gasteiger partial charge in [0, 0.05) is 29.3 Å². The molecule has 2 atom stereocenters. The number of rotatable bonds is 8. The number of ether oxygens (including phenoxy) is 4. The molecule has 2 amide bonds. The van der Waals surface area contributed by atoms with Gasteiger partial charge in [0.15, 0.2) is 23.0 Å². The van der Waals surface area contributed by atoms with Gasteiger partial charge in [-0.2, -0.15) is 0 Å². The van der Waals surface area contributed by atoms with E-state index in [1.807, 2.05) is 30.5 Å². The number of carbonyl (C=O) groups is 2. The van der Waals surface area contributed by atoms with Gasteiger partial charge in [0.25, 0.3) is 5.91 Å². The van der Waals surface area contributed by atoms with E-state index in [-0.39, 0.29) is 11.8 Å². The molecule has 0 unspecified atom stereocenters. The number of nitrogens with zero attached hydrogens (tertiary/aromatic N) is 1. The third-order valence-electron chi connectivity index (χ3n) is 6.57. The predicted molar refractivity (Wildman–Crippen MR) is 144 cm³/mol. The number of benzene rings is 3. The van der Waals surface area contributed by atoms with Crippen LogP contribution in [-0.2, 0) is 4.79 Å². The van der Waals surface area contributed by atoms with Gasteiger partial charge in [-0.15, -0.1) is 11.8 Å². The number of hydrogen-bond acceptors (Lipinski definition) is 7. The number of nitrogens with one attached hydrogen (secondary N) is 1. The molecule has 3 aromatic rings. The maximum Gasteiger partial charge on any atom is 0.254 e. The molecule has 1 aliphatic heterocycles. The molecule has 37 heavy (non-hydrogen) atoms. The average Bonchev–Trinajstić information content (AvgIpc) is 2.93. The van der Waals surface area contributed by atoms with Gasteiger partial charge in [-0.1, -0.05) is 12.1 Å². The lowest BCUT2D eigenvalue weighted by molar-refractivity contribution is -0.119. The summed E-state index contributed by atoms with van der Waals surface area (Å²) in [5, 5.41) is 3.01. The van der Waals surface area contributed by atoms with E-state index in [0.717, 1.165) is 10.5 Å². The first-order chi connectivity index (χ1) is 17.9. The number of thioether (sulfide) groups is 1. The summed E-state index contributed by atoms with van der Waals surface area (Å²) in [7, 11) is 7.84. The van der Waals surface area contributed by atoms with Gasteiger partial charge in [0.1, 0.15) is 0 Å². The van der Waals surface area contributed by atoms with Gasteiger partial charge in [0.2, 0.25) is 5.91 Å². The lowest BCUT2D eigenvalue weighted by Gasteiger charge is -2.40. The van der Waals surface area contributed by atoms with Crippen LogP contribution >= 0.6 is 11.8 Å². The van der Waals surface area contributed by atoms with Crippen molar-refractivity contribution in [3.63, 3.8) is 0 Å². The van der Waals surface area contributed by atoms with Crippen LogP contribution in [0.1, 0.15) is 33.4 Å². The van der Waals surface area contributed by atoms with Crippen molar-refractivity contribution in [2.75, 3.05) is 47.1 Å². The minimum atomic E-state index is -0.731. The van der Waals surface area contributed by atoms with Crippen LogP contribution in [0.5, 0.6) is 23.0 Å². The number of fused-ring (bicyclic) bond motifs is 1. The summed E-state index contributed by atoms with van der Waals surface area (Å²) >= 11 is 1.63. The Kier molecular flexibility index (Phi) is 7.83. The summed E-state index contributed by atoms with van der Waals surface area (Å²) < 4.78 is 21.7. The highest BCUT2D eigenvalue weighted by Gasteiger charge is 2.43. The van der Waals surface area contributed by atoms with E-state index in [4.69, 9.17) is 18.9 Å². The van der Waals surface area contributed by atoms with Crippen molar-refractivity contribution in [2.24, 2.45) is 0 Å². The van der Waals surface area contributed by atoms with Gasteiger partial charge in [-0.25, -0.2) is 0 Å². The van der Waals surface area contributed by atoms with Crippen LogP contribution in [0.15, 0.2) is 59.5 Å². The van der Waals surface area contributed by atoms with E-state index in [9.17, 15) is 9.59 Å². The number of likely N-dealkylation sites (N-methyl/N-ethyl adjacent to an activating group) is 1. The number of hydrogen-bond donors (Lipinski definition) is 1. The Bertz CT molecular complexity index is 1310. The fourth-order valence-corrected chi connectivity index (χ4v) is 5.09. The molecule has 194 valence electrons. The van der Waals surface area contributed by atoms with Crippen LogP contribution in [0.3, 0.4) is 0 Å². The lowest BCUT2D eigenvalue weighted by Crippen LogP contribution is -2.44. The van der Waals surface area contributed by atoms with Crippen LogP contribution in [0.25, 0.3) is 0 Å². The molecule has 8 nitrogen and oxygen atoms in total. The third-order valence-corrected chi connectivity index (χ3v) is 7.31. The van der Waals surface area contributed by atoms with E-state index in [2.05, 4.69) is 5.32 Å². The van der Waals surface area contributed by atoms with E-state index in [1.54, 1.807) is 61.2 Å². The van der Waals surface area contributed by atoms with Gasteiger partial charge in [-0.05, 0) is 53.8 Å². The number of amides is 2. The number of methoxy groups -OCH3 is 4. The average molecular weight is 523 g/mol. The highest BCUT2D eigenvalue weighted by atomic mass is 32.2. The van der Waals surface area contributed by atoms with Gasteiger partial charge in [-0.3, -0.25) is 9.59 Å². The Labute approximate surface area is 220 Å². The van der Waals surface area contributed by atoms with Crippen molar-refractivity contribution < 1.29 is 28.5 Å². The maximum atomic E-state index is 14.0. The van der Waals surface area contributed by atoms with Crippen LogP contribution in [0, 0.1) is 0 Å². The molecule has 0 saturated heterocycles. The smallest absolute Gasteiger partial charge is 0.254 e.